The van der Waals surface area contributed by atoms with Crippen molar-refractivity contribution in [1.82, 2.24) is 0 Å². The smallest absolute Gasteiger partial charge is 0.120 e. The van der Waals surface area contributed by atoms with Gasteiger partial charge in [-0.2, -0.15) is 0 Å². The summed E-state index contributed by atoms with van der Waals surface area (Å²) in [7, 11) is 0. The number of benzene rings is 2. The number of aliphatic hydroxyl groups excluding tert-OH is 1. The molecule has 0 spiro atoms. The van der Waals surface area contributed by atoms with Crippen molar-refractivity contribution in [3.8, 4) is 17.6 Å². The van der Waals surface area contributed by atoms with E-state index in [-0.39, 0.29) is 0 Å². The van der Waals surface area contributed by atoms with Crippen LogP contribution in [-0.4, -0.2) is 5.11 Å². The fourth-order valence-corrected chi connectivity index (χ4v) is 2.05. The van der Waals surface area contributed by atoms with E-state index >= 15 is 0 Å². The monoisotopic (exact) mass is 280 g/mol. The van der Waals surface area contributed by atoms with Gasteiger partial charge < -0.3 is 9.84 Å². The molecule has 0 bridgehead atoms. The van der Waals surface area contributed by atoms with E-state index in [1.54, 1.807) is 0 Å². The Kier molecular flexibility index (Phi) is 5.87. The summed E-state index contributed by atoms with van der Waals surface area (Å²) in [5, 5.41) is 10.1. The molecule has 1 unspecified atom stereocenters. The van der Waals surface area contributed by atoms with E-state index in [2.05, 4.69) is 11.8 Å². The molecular weight excluding hydrogens is 260 g/mol. The third-order valence-electron chi connectivity index (χ3n) is 3.21. The minimum absolute atomic E-state index is 0.494. The summed E-state index contributed by atoms with van der Waals surface area (Å²) in [5.74, 6) is 6.58. The van der Waals surface area contributed by atoms with Gasteiger partial charge in [0.05, 0.1) is 6.10 Å². The van der Waals surface area contributed by atoms with Crippen LogP contribution in [-0.2, 0) is 6.61 Å². The molecule has 1 atom stereocenters. The van der Waals surface area contributed by atoms with Gasteiger partial charge >= 0.3 is 0 Å². The molecule has 0 amide bonds. The SMILES string of the molecule is CC#CCCC(O)c1cccc(OCc2ccccc2)c1. The van der Waals surface area contributed by atoms with Crippen LogP contribution >= 0.6 is 0 Å². The summed E-state index contributed by atoms with van der Waals surface area (Å²) in [6.07, 6.45) is 0.849. The number of hydrogen-bond donors (Lipinski definition) is 1. The minimum Gasteiger partial charge on any atom is -0.489 e. The van der Waals surface area contributed by atoms with Crippen molar-refractivity contribution in [3.05, 3.63) is 65.7 Å². The highest BCUT2D eigenvalue weighted by Crippen LogP contribution is 2.23. The lowest BCUT2D eigenvalue weighted by Crippen LogP contribution is -1.99. The Balaban J connectivity index is 1.95. The van der Waals surface area contributed by atoms with E-state index in [1.165, 1.54) is 0 Å². The summed E-state index contributed by atoms with van der Waals surface area (Å²) in [6.45, 7) is 2.34. The van der Waals surface area contributed by atoms with E-state index in [0.29, 0.717) is 19.4 Å². The molecule has 0 saturated heterocycles. The topological polar surface area (TPSA) is 29.5 Å². The fourth-order valence-electron chi connectivity index (χ4n) is 2.05. The molecule has 0 aliphatic carbocycles. The number of rotatable bonds is 6. The summed E-state index contributed by atoms with van der Waals surface area (Å²) in [4.78, 5) is 0. The van der Waals surface area contributed by atoms with Gasteiger partial charge in [0.1, 0.15) is 12.4 Å². The Bertz CT molecular complexity index is 608. The van der Waals surface area contributed by atoms with Crippen LogP contribution in [0.5, 0.6) is 5.75 Å². The molecule has 0 radical (unpaired) electrons. The van der Waals surface area contributed by atoms with E-state index in [0.717, 1.165) is 16.9 Å². The molecule has 2 aromatic carbocycles. The molecule has 0 heterocycles. The van der Waals surface area contributed by atoms with E-state index < -0.39 is 6.10 Å². The Morgan fingerprint density at radius 2 is 1.90 bits per heavy atom. The first kappa shape index (κ1) is 15.2. The summed E-state index contributed by atoms with van der Waals surface area (Å²) < 4.78 is 5.77. The van der Waals surface area contributed by atoms with Crippen molar-refractivity contribution in [2.45, 2.75) is 32.5 Å². The second-order valence-corrected chi connectivity index (χ2v) is 4.83. The first-order valence-corrected chi connectivity index (χ1v) is 7.14. The van der Waals surface area contributed by atoms with Crippen LogP contribution in [0.1, 0.15) is 37.0 Å². The summed E-state index contributed by atoms with van der Waals surface area (Å²) in [5.41, 5.74) is 2.00. The van der Waals surface area contributed by atoms with Crippen molar-refractivity contribution in [3.63, 3.8) is 0 Å². The highest BCUT2D eigenvalue weighted by molar-refractivity contribution is 5.30. The third-order valence-corrected chi connectivity index (χ3v) is 3.21. The molecule has 0 aliphatic rings. The molecule has 0 fully saturated rings. The van der Waals surface area contributed by atoms with Gasteiger partial charge in [0.25, 0.3) is 0 Å². The standard InChI is InChI=1S/C19H20O2/c1-2-3-5-13-19(20)17-11-8-12-18(14-17)21-15-16-9-6-4-7-10-16/h4,6-12,14,19-20H,5,13,15H2,1H3. The highest BCUT2D eigenvalue weighted by atomic mass is 16.5. The maximum Gasteiger partial charge on any atom is 0.120 e. The van der Waals surface area contributed by atoms with Gasteiger partial charge in [-0.05, 0) is 36.6 Å². The van der Waals surface area contributed by atoms with Gasteiger partial charge in [-0.1, -0.05) is 42.5 Å². The minimum atomic E-state index is -0.494. The zero-order valence-electron chi connectivity index (χ0n) is 12.3. The number of ether oxygens (including phenoxy) is 1. The molecule has 0 aliphatic heterocycles. The Hall–Kier alpha value is -2.24. The molecule has 108 valence electrons. The quantitative estimate of drug-likeness (QED) is 0.807. The van der Waals surface area contributed by atoms with Gasteiger partial charge in [0, 0.05) is 6.42 Å². The van der Waals surface area contributed by atoms with Crippen LogP contribution in [0, 0.1) is 11.8 Å². The highest BCUT2D eigenvalue weighted by Gasteiger charge is 2.07. The largest absolute Gasteiger partial charge is 0.489 e. The van der Waals surface area contributed by atoms with Gasteiger partial charge in [-0.15, -0.1) is 11.8 Å². The average molecular weight is 280 g/mol. The lowest BCUT2D eigenvalue weighted by atomic mass is 10.0. The van der Waals surface area contributed by atoms with Crippen LogP contribution < -0.4 is 4.74 Å². The second kappa shape index (κ2) is 8.14. The fraction of sp³-hybridized carbons (Fsp3) is 0.263. The van der Waals surface area contributed by atoms with Crippen LogP contribution in [0.4, 0.5) is 0 Å². The molecular formula is C19H20O2. The molecule has 2 rings (SSSR count). The van der Waals surface area contributed by atoms with Gasteiger partial charge in [0.2, 0.25) is 0 Å². The lowest BCUT2D eigenvalue weighted by Gasteiger charge is -2.12. The third kappa shape index (κ3) is 4.98. The zero-order chi connectivity index (χ0) is 14.9. The molecule has 2 heteroatoms. The summed E-state index contributed by atoms with van der Waals surface area (Å²) >= 11 is 0. The van der Waals surface area contributed by atoms with Crippen LogP contribution in [0.3, 0.4) is 0 Å². The molecule has 1 N–H and O–H groups in total. The van der Waals surface area contributed by atoms with Crippen molar-refractivity contribution < 1.29 is 9.84 Å². The molecule has 0 saturated carbocycles. The van der Waals surface area contributed by atoms with Crippen molar-refractivity contribution in [1.29, 1.82) is 0 Å². The Morgan fingerprint density at radius 3 is 2.67 bits per heavy atom. The normalized spacial score (nSPS) is 11.3. The molecule has 0 aromatic heterocycles. The van der Waals surface area contributed by atoms with Gasteiger partial charge in [-0.25, -0.2) is 0 Å². The predicted molar refractivity (Wildman–Crippen MR) is 84.9 cm³/mol. The number of hydrogen-bond acceptors (Lipinski definition) is 2. The second-order valence-electron chi connectivity index (χ2n) is 4.83. The Labute approximate surface area is 126 Å². The van der Waals surface area contributed by atoms with Crippen molar-refractivity contribution in [2.75, 3.05) is 0 Å². The van der Waals surface area contributed by atoms with E-state index in [1.807, 2.05) is 61.5 Å². The van der Waals surface area contributed by atoms with Crippen LogP contribution in [0.25, 0.3) is 0 Å². The first-order valence-electron chi connectivity index (χ1n) is 7.14. The van der Waals surface area contributed by atoms with Gasteiger partial charge in [0.15, 0.2) is 0 Å². The predicted octanol–water partition coefficient (Wildman–Crippen LogP) is 4.10. The lowest BCUT2D eigenvalue weighted by molar-refractivity contribution is 0.169. The van der Waals surface area contributed by atoms with E-state index in [4.69, 9.17) is 4.74 Å². The first-order chi connectivity index (χ1) is 10.3. The van der Waals surface area contributed by atoms with Crippen LogP contribution in [0.15, 0.2) is 54.6 Å². The van der Waals surface area contributed by atoms with Gasteiger partial charge in [-0.3, -0.25) is 0 Å². The van der Waals surface area contributed by atoms with Crippen molar-refractivity contribution in [2.24, 2.45) is 0 Å². The molecule has 2 nitrogen and oxygen atoms in total. The number of aliphatic hydroxyl groups is 1. The average Bonchev–Trinajstić information content (AvgIpc) is 2.54. The maximum atomic E-state index is 10.1. The van der Waals surface area contributed by atoms with E-state index in [9.17, 15) is 5.11 Å². The molecule has 2 aromatic rings. The van der Waals surface area contributed by atoms with Crippen LogP contribution in [0.2, 0.25) is 0 Å². The summed E-state index contributed by atoms with van der Waals surface area (Å²) in [6, 6.07) is 17.7. The maximum absolute atomic E-state index is 10.1. The Morgan fingerprint density at radius 1 is 1.10 bits per heavy atom. The van der Waals surface area contributed by atoms with Crippen molar-refractivity contribution >= 4 is 0 Å². The molecule has 21 heavy (non-hydrogen) atoms. The zero-order valence-corrected chi connectivity index (χ0v) is 12.3.